The minimum atomic E-state index is 0.583. The number of hydrogen-bond donors (Lipinski definition) is 0. The van der Waals surface area contributed by atoms with Crippen molar-refractivity contribution in [2.24, 2.45) is 5.92 Å². The molecule has 44 valence electrons. The van der Waals surface area contributed by atoms with Crippen LogP contribution in [-0.4, -0.2) is 12.2 Å². The van der Waals surface area contributed by atoms with E-state index in [0.717, 1.165) is 6.42 Å². The number of rotatable bonds is 0. The van der Waals surface area contributed by atoms with Gasteiger partial charge in [0.25, 0.3) is 0 Å². The Bertz CT molecular complexity index is 128. The lowest BCUT2D eigenvalue weighted by Gasteiger charge is -2.03. The van der Waals surface area contributed by atoms with Crippen molar-refractivity contribution in [1.29, 1.82) is 0 Å². The summed E-state index contributed by atoms with van der Waals surface area (Å²) in [5.41, 5.74) is 0. The Morgan fingerprint density at radius 3 is 3.12 bits per heavy atom. The number of epoxide rings is 1. The van der Waals surface area contributed by atoms with Crippen LogP contribution in [0.2, 0.25) is 0 Å². The lowest BCUT2D eigenvalue weighted by Crippen LogP contribution is -2.06. The Balaban J connectivity index is 2.13. The first-order valence-corrected chi connectivity index (χ1v) is 3.20. The lowest BCUT2D eigenvalue weighted by atomic mass is 9.98. The molecule has 0 aromatic rings. The first-order valence-electron chi connectivity index (χ1n) is 3.20. The summed E-state index contributed by atoms with van der Waals surface area (Å²) >= 11 is 0. The van der Waals surface area contributed by atoms with Crippen molar-refractivity contribution >= 4 is 0 Å². The van der Waals surface area contributed by atoms with Crippen molar-refractivity contribution in [3.05, 3.63) is 12.2 Å². The fourth-order valence-electron chi connectivity index (χ4n) is 1.35. The molecule has 0 N–H and O–H groups in total. The van der Waals surface area contributed by atoms with Gasteiger partial charge in [0.2, 0.25) is 0 Å². The molecule has 1 heteroatoms. The SMILES string of the molecule is CC1C=CCC2OC12. The number of fused-ring (bicyclic) bond motifs is 1. The molecular weight excluding hydrogens is 100 g/mol. The van der Waals surface area contributed by atoms with E-state index in [-0.39, 0.29) is 0 Å². The maximum absolute atomic E-state index is 5.33. The molecule has 0 aromatic carbocycles. The highest BCUT2D eigenvalue weighted by atomic mass is 16.6. The molecule has 3 atom stereocenters. The third-order valence-corrected chi connectivity index (χ3v) is 1.95. The van der Waals surface area contributed by atoms with Crippen LogP contribution in [0.3, 0.4) is 0 Å². The third kappa shape index (κ3) is 0.511. The first-order chi connectivity index (χ1) is 3.88. The van der Waals surface area contributed by atoms with Crippen LogP contribution in [0.25, 0.3) is 0 Å². The van der Waals surface area contributed by atoms with Crippen LogP contribution in [0.15, 0.2) is 12.2 Å². The molecule has 2 rings (SSSR count). The van der Waals surface area contributed by atoms with Gasteiger partial charge in [-0.25, -0.2) is 0 Å². The maximum Gasteiger partial charge on any atom is 0.0904 e. The molecule has 1 nitrogen and oxygen atoms in total. The fraction of sp³-hybridized carbons (Fsp3) is 0.714. The van der Waals surface area contributed by atoms with Crippen molar-refractivity contribution in [3.8, 4) is 0 Å². The van der Waals surface area contributed by atoms with Crippen LogP contribution in [0.1, 0.15) is 13.3 Å². The van der Waals surface area contributed by atoms with Gasteiger partial charge in [0, 0.05) is 5.92 Å². The van der Waals surface area contributed by atoms with Crippen molar-refractivity contribution < 1.29 is 4.74 Å². The topological polar surface area (TPSA) is 12.5 Å². The van der Waals surface area contributed by atoms with Crippen LogP contribution in [0.5, 0.6) is 0 Å². The molecule has 1 heterocycles. The second-order valence-electron chi connectivity index (χ2n) is 2.66. The van der Waals surface area contributed by atoms with E-state index in [1.165, 1.54) is 0 Å². The second kappa shape index (κ2) is 1.35. The van der Waals surface area contributed by atoms with E-state index < -0.39 is 0 Å². The maximum atomic E-state index is 5.33. The zero-order valence-electron chi connectivity index (χ0n) is 5.00. The van der Waals surface area contributed by atoms with Crippen LogP contribution < -0.4 is 0 Å². The molecule has 0 aromatic heterocycles. The number of hydrogen-bond acceptors (Lipinski definition) is 1. The van der Waals surface area contributed by atoms with Gasteiger partial charge in [-0.1, -0.05) is 19.1 Å². The van der Waals surface area contributed by atoms with Gasteiger partial charge in [0.1, 0.15) is 0 Å². The molecule has 1 fully saturated rings. The van der Waals surface area contributed by atoms with Gasteiger partial charge < -0.3 is 4.74 Å². The summed E-state index contributed by atoms with van der Waals surface area (Å²) in [6.07, 6.45) is 6.79. The monoisotopic (exact) mass is 110 g/mol. The summed E-state index contributed by atoms with van der Waals surface area (Å²) in [7, 11) is 0. The summed E-state index contributed by atoms with van der Waals surface area (Å²) < 4.78 is 5.33. The largest absolute Gasteiger partial charge is 0.369 e. The summed E-state index contributed by atoms with van der Waals surface area (Å²) in [5.74, 6) is 0.675. The minimum Gasteiger partial charge on any atom is -0.369 e. The highest BCUT2D eigenvalue weighted by molar-refractivity contribution is 5.07. The van der Waals surface area contributed by atoms with Crippen LogP contribution in [0, 0.1) is 5.92 Å². The molecule has 2 aliphatic rings. The van der Waals surface area contributed by atoms with Crippen molar-refractivity contribution in [1.82, 2.24) is 0 Å². The predicted octanol–water partition coefficient (Wildman–Crippen LogP) is 1.35. The highest BCUT2D eigenvalue weighted by Gasteiger charge is 2.42. The molecule has 3 unspecified atom stereocenters. The molecule has 1 aliphatic heterocycles. The molecule has 0 amide bonds. The Hall–Kier alpha value is -0.300. The van der Waals surface area contributed by atoms with E-state index in [2.05, 4.69) is 19.1 Å². The Morgan fingerprint density at radius 2 is 2.50 bits per heavy atom. The molecule has 1 saturated heterocycles. The minimum absolute atomic E-state index is 0.583. The van der Waals surface area contributed by atoms with E-state index in [0.29, 0.717) is 18.1 Å². The normalized spacial score (nSPS) is 50.9. The molecule has 8 heavy (non-hydrogen) atoms. The Kier molecular flexibility index (Phi) is 0.770. The third-order valence-electron chi connectivity index (χ3n) is 1.95. The van der Waals surface area contributed by atoms with Crippen molar-refractivity contribution in [2.45, 2.75) is 25.6 Å². The smallest absolute Gasteiger partial charge is 0.0904 e. The Morgan fingerprint density at radius 1 is 1.62 bits per heavy atom. The van der Waals surface area contributed by atoms with Gasteiger partial charge >= 0.3 is 0 Å². The van der Waals surface area contributed by atoms with Gasteiger partial charge in [0.15, 0.2) is 0 Å². The fourth-order valence-corrected chi connectivity index (χ4v) is 1.35. The molecule has 1 aliphatic carbocycles. The van der Waals surface area contributed by atoms with E-state index in [4.69, 9.17) is 4.74 Å². The van der Waals surface area contributed by atoms with Crippen LogP contribution in [0.4, 0.5) is 0 Å². The second-order valence-corrected chi connectivity index (χ2v) is 2.66. The average Bonchev–Trinajstić information content (AvgIpc) is 2.45. The van der Waals surface area contributed by atoms with Crippen molar-refractivity contribution in [3.63, 3.8) is 0 Å². The predicted molar refractivity (Wildman–Crippen MR) is 31.6 cm³/mol. The number of ether oxygens (including phenoxy) is 1. The van der Waals surface area contributed by atoms with Gasteiger partial charge in [-0.2, -0.15) is 0 Å². The quantitative estimate of drug-likeness (QED) is 0.339. The van der Waals surface area contributed by atoms with E-state index in [9.17, 15) is 0 Å². The molecule has 0 radical (unpaired) electrons. The first kappa shape index (κ1) is 4.57. The average molecular weight is 110 g/mol. The summed E-state index contributed by atoms with van der Waals surface area (Å²) in [6.45, 7) is 2.21. The Labute approximate surface area is 49.3 Å². The molecular formula is C7H10O. The molecule has 0 spiro atoms. The van der Waals surface area contributed by atoms with Crippen molar-refractivity contribution in [2.75, 3.05) is 0 Å². The molecule has 0 saturated carbocycles. The van der Waals surface area contributed by atoms with Gasteiger partial charge in [-0.3, -0.25) is 0 Å². The highest BCUT2D eigenvalue weighted by Crippen LogP contribution is 2.36. The zero-order valence-corrected chi connectivity index (χ0v) is 5.00. The van der Waals surface area contributed by atoms with E-state index in [1.807, 2.05) is 0 Å². The molecule has 0 bridgehead atoms. The van der Waals surface area contributed by atoms with E-state index >= 15 is 0 Å². The van der Waals surface area contributed by atoms with Gasteiger partial charge in [0.05, 0.1) is 12.2 Å². The zero-order chi connectivity index (χ0) is 5.56. The lowest BCUT2D eigenvalue weighted by molar-refractivity contribution is 0.352. The van der Waals surface area contributed by atoms with E-state index in [1.54, 1.807) is 0 Å². The summed E-state index contributed by atoms with van der Waals surface area (Å²) in [6, 6.07) is 0. The van der Waals surface area contributed by atoms with Gasteiger partial charge in [-0.15, -0.1) is 0 Å². The van der Waals surface area contributed by atoms with Crippen LogP contribution in [-0.2, 0) is 4.74 Å². The summed E-state index contributed by atoms with van der Waals surface area (Å²) in [4.78, 5) is 0. The standard InChI is InChI=1S/C7H10O/c1-5-3-2-4-6-7(5)8-6/h2-3,5-7H,4H2,1H3. The van der Waals surface area contributed by atoms with Crippen LogP contribution >= 0.6 is 0 Å². The van der Waals surface area contributed by atoms with Gasteiger partial charge in [-0.05, 0) is 6.42 Å². The summed E-state index contributed by atoms with van der Waals surface area (Å²) in [5, 5.41) is 0.